The van der Waals surface area contributed by atoms with Gasteiger partial charge in [0, 0.05) is 29.6 Å². The van der Waals surface area contributed by atoms with Crippen LogP contribution in [0.25, 0.3) is 10.9 Å². The molecule has 3 aromatic rings. The van der Waals surface area contributed by atoms with Gasteiger partial charge in [-0.1, -0.05) is 35.9 Å². The number of H-pyrrole nitrogens is 1. The molecule has 1 atom stereocenters. The van der Waals surface area contributed by atoms with E-state index in [1.165, 1.54) is 0 Å². The van der Waals surface area contributed by atoms with Crippen LogP contribution in [-0.2, 0) is 16.0 Å². The number of aryl methyl sites for hydroxylation is 1. The number of para-hydroxylation sites is 1. The SMILES string of the molecule is Cc1ccc(OCC(=O)N[C@@H](Cc2c[nH]c3ccccc23)C(=O)NC(C)C)cc1. The lowest BCUT2D eigenvalue weighted by atomic mass is 10.0. The lowest BCUT2D eigenvalue weighted by Crippen LogP contribution is -2.50. The van der Waals surface area contributed by atoms with Gasteiger partial charge in [-0.2, -0.15) is 0 Å². The third-order valence-corrected chi connectivity index (χ3v) is 4.57. The van der Waals surface area contributed by atoms with Gasteiger partial charge in [0.05, 0.1) is 0 Å². The van der Waals surface area contributed by atoms with Crippen molar-refractivity contribution < 1.29 is 14.3 Å². The Morgan fingerprint density at radius 2 is 1.76 bits per heavy atom. The van der Waals surface area contributed by atoms with E-state index in [1.807, 2.05) is 75.5 Å². The number of fused-ring (bicyclic) bond motifs is 1. The average molecular weight is 393 g/mol. The zero-order valence-electron chi connectivity index (χ0n) is 17.0. The number of ether oxygens (including phenoxy) is 1. The van der Waals surface area contributed by atoms with E-state index in [0.29, 0.717) is 12.2 Å². The Morgan fingerprint density at radius 1 is 1.03 bits per heavy atom. The molecule has 0 spiro atoms. The first-order chi connectivity index (χ1) is 13.9. The molecule has 2 aromatic carbocycles. The lowest BCUT2D eigenvalue weighted by Gasteiger charge is -2.20. The smallest absolute Gasteiger partial charge is 0.258 e. The molecule has 0 fully saturated rings. The van der Waals surface area contributed by atoms with Crippen molar-refractivity contribution in [2.75, 3.05) is 6.61 Å². The largest absolute Gasteiger partial charge is 0.484 e. The summed E-state index contributed by atoms with van der Waals surface area (Å²) in [5.74, 6) is 0.0637. The molecule has 0 radical (unpaired) electrons. The van der Waals surface area contributed by atoms with Crippen LogP contribution in [0.4, 0.5) is 0 Å². The predicted octanol–water partition coefficient (Wildman–Crippen LogP) is 3.11. The Kier molecular flexibility index (Phi) is 6.54. The molecule has 0 saturated carbocycles. The third-order valence-electron chi connectivity index (χ3n) is 4.57. The molecule has 0 aliphatic heterocycles. The summed E-state index contributed by atoms with van der Waals surface area (Å²) < 4.78 is 5.54. The molecule has 0 bridgehead atoms. The van der Waals surface area contributed by atoms with Crippen LogP contribution >= 0.6 is 0 Å². The second kappa shape index (κ2) is 9.28. The highest BCUT2D eigenvalue weighted by Crippen LogP contribution is 2.19. The van der Waals surface area contributed by atoms with E-state index in [0.717, 1.165) is 22.0 Å². The standard InChI is InChI=1S/C23H27N3O3/c1-15(2)25-23(28)21(12-17-13-24-20-7-5-4-6-19(17)20)26-22(27)14-29-18-10-8-16(3)9-11-18/h4-11,13,15,21,24H,12,14H2,1-3H3,(H,25,28)(H,26,27)/t21-/m0/s1. The van der Waals surface area contributed by atoms with E-state index in [-0.39, 0.29) is 24.5 Å². The van der Waals surface area contributed by atoms with Gasteiger partial charge in [0.25, 0.3) is 5.91 Å². The van der Waals surface area contributed by atoms with Crippen LogP contribution in [0.2, 0.25) is 0 Å². The molecule has 1 heterocycles. The van der Waals surface area contributed by atoms with Gasteiger partial charge in [0.1, 0.15) is 11.8 Å². The number of benzene rings is 2. The number of amides is 2. The van der Waals surface area contributed by atoms with Crippen LogP contribution in [0.5, 0.6) is 5.75 Å². The number of rotatable bonds is 8. The minimum Gasteiger partial charge on any atom is -0.484 e. The van der Waals surface area contributed by atoms with Gasteiger partial charge in [0.15, 0.2) is 6.61 Å². The molecule has 152 valence electrons. The molecule has 0 aliphatic rings. The molecule has 6 heteroatoms. The summed E-state index contributed by atoms with van der Waals surface area (Å²) in [6.07, 6.45) is 2.27. The zero-order chi connectivity index (χ0) is 20.8. The summed E-state index contributed by atoms with van der Waals surface area (Å²) in [4.78, 5) is 28.3. The topological polar surface area (TPSA) is 83.2 Å². The van der Waals surface area contributed by atoms with E-state index in [2.05, 4.69) is 15.6 Å². The Hall–Kier alpha value is -3.28. The molecule has 2 amide bonds. The Bertz CT molecular complexity index is 976. The van der Waals surface area contributed by atoms with Crippen molar-refractivity contribution in [2.24, 2.45) is 0 Å². The summed E-state index contributed by atoms with van der Waals surface area (Å²) in [6.45, 7) is 5.62. The van der Waals surface area contributed by atoms with E-state index >= 15 is 0 Å². The second-order valence-electron chi connectivity index (χ2n) is 7.45. The molecule has 6 nitrogen and oxygen atoms in total. The maximum Gasteiger partial charge on any atom is 0.258 e. The molecule has 3 rings (SSSR count). The molecule has 0 saturated heterocycles. The highest BCUT2D eigenvalue weighted by Gasteiger charge is 2.23. The van der Waals surface area contributed by atoms with Crippen LogP contribution in [0.3, 0.4) is 0 Å². The second-order valence-corrected chi connectivity index (χ2v) is 7.45. The number of aromatic amines is 1. The van der Waals surface area contributed by atoms with Crippen molar-refractivity contribution in [3.63, 3.8) is 0 Å². The number of hydrogen-bond acceptors (Lipinski definition) is 3. The number of aromatic nitrogens is 1. The van der Waals surface area contributed by atoms with Gasteiger partial charge in [-0.15, -0.1) is 0 Å². The number of hydrogen-bond donors (Lipinski definition) is 3. The van der Waals surface area contributed by atoms with Crippen LogP contribution in [-0.4, -0.2) is 35.5 Å². The zero-order valence-corrected chi connectivity index (χ0v) is 17.0. The third kappa shape index (κ3) is 5.60. The highest BCUT2D eigenvalue weighted by molar-refractivity contribution is 5.90. The highest BCUT2D eigenvalue weighted by atomic mass is 16.5. The first kappa shape index (κ1) is 20.5. The quantitative estimate of drug-likeness (QED) is 0.550. The summed E-state index contributed by atoms with van der Waals surface area (Å²) in [6, 6.07) is 14.7. The molecular formula is C23H27N3O3. The van der Waals surface area contributed by atoms with E-state index in [9.17, 15) is 9.59 Å². The summed E-state index contributed by atoms with van der Waals surface area (Å²) in [5.41, 5.74) is 3.09. The number of carbonyl (C=O) groups is 2. The monoisotopic (exact) mass is 393 g/mol. The maximum atomic E-state index is 12.7. The van der Waals surface area contributed by atoms with Crippen molar-refractivity contribution in [1.82, 2.24) is 15.6 Å². The van der Waals surface area contributed by atoms with E-state index in [1.54, 1.807) is 0 Å². The van der Waals surface area contributed by atoms with Crippen LogP contribution in [0.1, 0.15) is 25.0 Å². The Morgan fingerprint density at radius 3 is 2.48 bits per heavy atom. The molecular weight excluding hydrogens is 366 g/mol. The van der Waals surface area contributed by atoms with E-state index in [4.69, 9.17) is 4.74 Å². The van der Waals surface area contributed by atoms with Gasteiger partial charge >= 0.3 is 0 Å². The van der Waals surface area contributed by atoms with Crippen molar-refractivity contribution in [3.8, 4) is 5.75 Å². The minimum atomic E-state index is -0.689. The molecule has 3 N–H and O–H groups in total. The Labute approximate surface area is 170 Å². The summed E-state index contributed by atoms with van der Waals surface area (Å²) in [7, 11) is 0. The van der Waals surface area contributed by atoms with E-state index < -0.39 is 6.04 Å². The van der Waals surface area contributed by atoms with Crippen LogP contribution in [0, 0.1) is 6.92 Å². The maximum absolute atomic E-state index is 12.7. The summed E-state index contributed by atoms with van der Waals surface area (Å²) in [5, 5.41) is 6.74. The number of nitrogens with one attached hydrogen (secondary N) is 3. The van der Waals surface area contributed by atoms with Gasteiger partial charge in [0.2, 0.25) is 5.91 Å². The minimum absolute atomic E-state index is 0.0197. The van der Waals surface area contributed by atoms with Gasteiger partial charge in [-0.3, -0.25) is 9.59 Å². The van der Waals surface area contributed by atoms with Crippen molar-refractivity contribution in [3.05, 3.63) is 65.9 Å². The van der Waals surface area contributed by atoms with Crippen LogP contribution < -0.4 is 15.4 Å². The lowest BCUT2D eigenvalue weighted by molar-refractivity contribution is -0.130. The van der Waals surface area contributed by atoms with Gasteiger partial charge in [-0.25, -0.2) is 0 Å². The fourth-order valence-corrected chi connectivity index (χ4v) is 3.13. The molecule has 1 aromatic heterocycles. The number of carbonyl (C=O) groups excluding carboxylic acids is 2. The molecule has 29 heavy (non-hydrogen) atoms. The first-order valence-corrected chi connectivity index (χ1v) is 9.76. The fraction of sp³-hybridized carbons (Fsp3) is 0.304. The molecule has 0 unspecified atom stereocenters. The predicted molar refractivity (Wildman–Crippen MR) is 114 cm³/mol. The van der Waals surface area contributed by atoms with Crippen molar-refractivity contribution in [1.29, 1.82) is 0 Å². The normalized spacial score (nSPS) is 12.0. The van der Waals surface area contributed by atoms with Crippen molar-refractivity contribution >= 4 is 22.7 Å². The van der Waals surface area contributed by atoms with Gasteiger partial charge < -0.3 is 20.4 Å². The van der Waals surface area contributed by atoms with Crippen LogP contribution in [0.15, 0.2) is 54.7 Å². The average Bonchev–Trinajstić information content (AvgIpc) is 3.09. The summed E-state index contributed by atoms with van der Waals surface area (Å²) >= 11 is 0. The fourth-order valence-electron chi connectivity index (χ4n) is 3.13. The molecule has 0 aliphatic carbocycles. The van der Waals surface area contributed by atoms with Crippen molar-refractivity contribution in [2.45, 2.75) is 39.3 Å². The van der Waals surface area contributed by atoms with Gasteiger partial charge in [-0.05, 0) is 44.5 Å². The Balaban J connectivity index is 1.68. The first-order valence-electron chi connectivity index (χ1n) is 9.76.